The normalized spacial score (nSPS) is 14.9. The van der Waals surface area contributed by atoms with E-state index in [1.165, 1.54) is 81.4 Å². The van der Waals surface area contributed by atoms with Crippen molar-refractivity contribution in [2.45, 2.75) is 186 Å². The molecule has 0 unspecified atom stereocenters. The summed E-state index contributed by atoms with van der Waals surface area (Å²) in [6, 6.07) is 21.7. The molecule has 1 fully saturated rings. The van der Waals surface area contributed by atoms with Crippen molar-refractivity contribution in [2.24, 2.45) is 11.7 Å². The number of anilines is 2. The highest BCUT2D eigenvalue weighted by atomic mass is 35.5. The van der Waals surface area contributed by atoms with Crippen LogP contribution in [0.25, 0.3) is 10.8 Å². The quantitative estimate of drug-likeness (QED) is 0.0194. The van der Waals surface area contributed by atoms with E-state index in [0.717, 1.165) is 10.8 Å². The van der Waals surface area contributed by atoms with E-state index >= 15 is 9.59 Å². The minimum absolute atomic E-state index is 0.00373. The number of carbonyl (C=O) groups excluding carboxylic acids is 14. The molecule has 0 saturated carbocycles. The van der Waals surface area contributed by atoms with Crippen LogP contribution in [-0.2, 0) is 88.0 Å². The van der Waals surface area contributed by atoms with Crippen LogP contribution >= 0.6 is 11.6 Å². The van der Waals surface area contributed by atoms with E-state index in [-0.39, 0.29) is 74.9 Å². The Kier molecular flexibility index (Phi) is 33.6. The number of rotatable bonds is 40. The first-order chi connectivity index (χ1) is 53.3. The van der Waals surface area contributed by atoms with Crippen LogP contribution in [0.5, 0.6) is 0 Å². The fourth-order valence-electron chi connectivity index (χ4n) is 12.5. The summed E-state index contributed by atoms with van der Waals surface area (Å²) in [4.78, 5) is 201. The van der Waals surface area contributed by atoms with Crippen molar-refractivity contribution in [1.29, 1.82) is 0 Å². The van der Waals surface area contributed by atoms with Gasteiger partial charge in [-0.3, -0.25) is 72.1 Å². The molecule has 5 aromatic carbocycles. The van der Waals surface area contributed by atoms with Crippen molar-refractivity contribution in [2.75, 3.05) is 30.3 Å². The SMILES string of the molecule is CC(=O)Nc1ccc(C[C@H](NC(=O)[C@H](CO)NC(=O)[C@@H](NC(=O)c2ccncc2)NC(=O)[C@@H](Cc2ccc(Cl)cc2)NC(=O)[C@@H](Cc2ccc3ccccc3c2)NC(C)=O)C(=O)N[C@H](Cc2ccc(NC(C)=O)cc2)C(=O)N[C@@H](CC(C)C)C(=O)N[C@@H](CCCCNC(C)C)C(=O)N2CCC[C@@H]2C(=O)N[C@H](C)C(N)=O)cc1. The van der Waals surface area contributed by atoms with Gasteiger partial charge < -0.3 is 84.9 Å². The van der Waals surface area contributed by atoms with E-state index < -0.39 is 144 Å². The number of unbranched alkanes of at least 4 members (excludes halogenated alkanes) is 1. The predicted octanol–water partition coefficient (Wildman–Crippen LogP) is 2.55. The first-order valence-corrected chi connectivity index (χ1v) is 37.5. The molecule has 1 saturated heterocycles. The minimum atomic E-state index is -2.11. The van der Waals surface area contributed by atoms with Crippen molar-refractivity contribution in [3.8, 4) is 0 Å². The van der Waals surface area contributed by atoms with Crippen LogP contribution in [0.3, 0.4) is 0 Å². The molecular weight excluding hydrogens is 1460 g/mol. The summed E-state index contributed by atoms with van der Waals surface area (Å²) in [5.41, 5.74) is 8.07. The highest BCUT2D eigenvalue weighted by molar-refractivity contribution is 6.30. The topological polar surface area (TPSA) is 458 Å². The van der Waals surface area contributed by atoms with Crippen molar-refractivity contribution in [3.05, 3.63) is 173 Å². The second-order valence-corrected chi connectivity index (χ2v) is 28.8. The van der Waals surface area contributed by atoms with Gasteiger partial charge in [0.2, 0.25) is 70.9 Å². The maximum Gasteiger partial charge on any atom is 0.264 e. The predicted molar refractivity (Wildman–Crippen MR) is 420 cm³/mol. The smallest absolute Gasteiger partial charge is 0.264 e. The van der Waals surface area contributed by atoms with Crippen LogP contribution in [0, 0.1) is 5.92 Å². The third kappa shape index (κ3) is 28.0. The summed E-state index contributed by atoms with van der Waals surface area (Å²) in [5, 5.41) is 48.0. The van der Waals surface area contributed by atoms with Crippen LogP contribution in [0.2, 0.25) is 5.02 Å². The third-order valence-electron chi connectivity index (χ3n) is 18.3. The number of primary amides is 1. The van der Waals surface area contributed by atoms with Gasteiger partial charge in [0.1, 0.15) is 54.4 Å². The fraction of sp³-hybridized carbons (Fsp3) is 0.412. The molecule has 1 aromatic heterocycles. The largest absolute Gasteiger partial charge is 0.394 e. The van der Waals surface area contributed by atoms with Gasteiger partial charge >= 0.3 is 0 Å². The lowest BCUT2D eigenvalue weighted by Crippen LogP contribution is -2.64. The van der Waals surface area contributed by atoms with E-state index in [1.807, 2.05) is 50.2 Å². The molecule has 0 bridgehead atoms. The Hall–Kier alpha value is -11.7. The molecule has 0 aliphatic carbocycles. The van der Waals surface area contributed by atoms with Gasteiger partial charge in [0, 0.05) is 93.4 Å². The number of hydrogen-bond acceptors (Lipinski definition) is 17. The van der Waals surface area contributed by atoms with Gasteiger partial charge in [0.15, 0.2) is 6.17 Å². The molecule has 14 amide bonds. The Bertz CT molecular complexity index is 4310. The maximum absolute atomic E-state index is 15.3. The van der Waals surface area contributed by atoms with Gasteiger partial charge in [-0.25, -0.2) is 0 Å². The number of pyridine rings is 1. The lowest BCUT2D eigenvalue weighted by molar-refractivity contribution is -0.142. The van der Waals surface area contributed by atoms with Crippen LogP contribution in [-0.4, -0.2) is 184 Å². The summed E-state index contributed by atoms with van der Waals surface area (Å²) >= 11 is 6.24. The molecule has 7 rings (SSSR count). The summed E-state index contributed by atoms with van der Waals surface area (Å²) in [5.74, 6) is -11.6. The summed E-state index contributed by atoms with van der Waals surface area (Å²) < 4.78 is 0. The third-order valence-corrected chi connectivity index (χ3v) is 18.5. The fourth-order valence-corrected chi connectivity index (χ4v) is 12.6. The number of halogens is 1. The number of hydrogen-bond donors (Lipinski definition) is 15. The summed E-state index contributed by atoms with van der Waals surface area (Å²) in [6.45, 7) is 12.4. The molecule has 598 valence electrons. The number of aliphatic hydroxyl groups is 1. The van der Waals surface area contributed by atoms with Gasteiger partial charge in [-0.15, -0.1) is 0 Å². The number of nitrogens with one attached hydrogen (secondary N) is 13. The van der Waals surface area contributed by atoms with Crippen LogP contribution in [0.4, 0.5) is 11.4 Å². The molecule has 1 aliphatic rings. The zero-order valence-corrected chi connectivity index (χ0v) is 64.7. The summed E-state index contributed by atoms with van der Waals surface area (Å²) in [6.07, 6.45) is 1.37. The van der Waals surface area contributed by atoms with Gasteiger partial charge in [-0.1, -0.05) is 118 Å². The molecule has 31 nitrogen and oxygen atoms in total. The maximum atomic E-state index is 15.3. The monoisotopic (exact) mass is 1560 g/mol. The molecule has 2 heterocycles. The van der Waals surface area contributed by atoms with Crippen molar-refractivity contribution < 1.29 is 72.2 Å². The van der Waals surface area contributed by atoms with Crippen LogP contribution in [0.15, 0.2) is 140 Å². The lowest BCUT2D eigenvalue weighted by atomic mass is 9.99. The number of benzene rings is 5. The van der Waals surface area contributed by atoms with E-state index in [9.17, 15) is 62.6 Å². The first-order valence-electron chi connectivity index (χ1n) is 37.1. The zero-order valence-electron chi connectivity index (χ0n) is 63.9. The second-order valence-electron chi connectivity index (χ2n) is 28.4. The Morgan fingerprint density at radius 2 is 0.964 bits per heavy atom. The Labute approximate surface area is 654 Å². The Morgan fingerprint density at radius 3 is 1.47 bits per heavy atom. The lowest BCUT2D eigenvalue weighted by Gasteiger charge is -2.31. The van der Waals surface area contributed by atoms with E-state index in [4.69, 9.17) is 17.3 Å². The Morgan fingerprint density at radius 1 is 0.500 bits per heavy atom. The standard InChI is InChI=1S/C80H101ClN16O15/c1-45(2)38-62(72(104)89-61(16-11-12-34-84-46(3)4)80(112)97-37-13-17-68(97)78(110)85-47(5)69(82)102)90-74(106)64(41-52-21-28-59(29-22-52)86-48(6)99)91-75(107)65(42-53-23-30-60(31-24-53)87-49(7)100)93-77(109)67(44-98)94-79(111)70(95-71(103)56-32-35-83-36-33-56)96-76(108)66(40-51-19-26-58(81)27-20-51)92-73(105)63(88-50(8)101)43-54-18-25-55-14-9-10-15-57(55)39-54/h9-10,14-15,18-33,35-36,39,45-47,61-68,70,84,98H,11-13,16-17,34,37-38,40-44H2,1-8H3,(H2,82,102)(H,85,110)(H,86,99)(H,87,100)(H,88,101)(H,89,104)(H,90,106)(H,91,107)(H,92,105)(H,93,109)(H,94,111)(H,95,103)(H,96,108)/t47-,61+,62+,63-,64-,65+,66-,67+,68-,70+/m1/s1. The van der Waals surface area contributed by atoms with E-state index in [1.54, 1.807) is 68.4 Å². The molecule has 1 aliphatic heterocycles. The number of carbonyl (C=O) groups is 14. The van der Waals surface area contributed by atoms with Gasteiger partial charge in [-0.05, 0) is 139 Å². The number of amides is 14. The average Bonchev–Trinajstić information content (AvgIpc) is 1.24. The molecule has 0 spiro atoms. The molecule has 16 N–H and O–H groups in total. The number of aromatic nitrogens is 1. The highest BCUT2D eigenvalue weighted by Gasteiger charge is 2.41. The number of likely N-dealkylation sites (tertiary alicyclic amines) is 1. The molecule has 6 aromatic rings. The van der Waals surface area contributed by atoms with Crippen molar-refractivity contribution in [3.63, 3.8) is 0 Å². The molecular formula is C80H101ClN16O15. The molecule has 0 radical (unpaired) electrons. The Balaban J connectivity index is 1.19. The van der Waals surface area contributed by atoms with E-state index in [2.05, 4.69) is 74.1 Å². The molecule has 10 atom stereocenters. The van der Waals surface area contributed by atoms with Crippen LogP contribution in [0.1, 0.15) is 127 Å². The highest BCUT2D eigenvalue weighted by Crippen LogP contribution is 2.23. The van der Waals surface area contributed by atoms with Crippen LogP contribution < -0.4 is 74.9 Å². The van der Waals surface area contributed by atoms with Gasteiger partial charge in [0.05, 0.1) is 6.61 Å². The molecule has 32 heteroatoms. The van der Waals surface area contributed by atoms with Crippen molar-refractivity contribution >= 4 is 116 Å². The van der Waals surface area contributed by atoms with Crippen molar-refractivity contribution in [1.82, 2.24) is 68.4 Å². The number of nitrogens with zero attached hydrogens (tertiary/aromatic N) is 2. The minimum Gasteiger partial charge on any atom is -0.394 e. The number of fused-ring (bicyclic) bond motifs is 1. The van der Waals surface area contributed by atoms with Gasteiger partial charge in [0.25, 0.3) is 11.8 Å². The second kappa shape index (κ2) is 43.0. The number of nitrogens with two attached hydrogens (primary N) is 1. The average molecular weight is 1560 g/mol. The zero-order chi connectivity index (χ0) is 81.7. The van der Waals surface area contributed by atoms with E-state index in [0.29, 0.717) is 64.5 Å². The summed E-state index contributed by atoms with van der Waals surface area (Å²) in [7, 11) is 0. The van der Waals surface area contributed by atoms with Gasteiger partial charge in [-0.2, -0.15) is 0 Å². The number of aliphatic hydroxyl groups excluding tert-OH is 1. The first kappa shape index (κ1) is 87.5. The molecule has 112 heavy (non-hydrogen) atoms.